The van der Waals surface area contributed by atoms with Crippen LogP contribution >= 0.6 is 15.9 Å². The van der Waals surface area contributed by atoms with Crippen molar-refractivity contribution in [2.75, 3.05) is 77.0 Å². The summed E-state index contributed by atoms with van der Waals surface area (Å²) in [5.41, 5.74) is 24.8. The van der Waals surface area contributed by atoms with E-state index in [4.69, 9.17) is 70.6 Å². The number of methoxy groups -OCH3 is 1. The highest BCUT2D eigenvalue weighted by atomic mass is 79.9. The van der Waals surface area contributed by atoms with E-state index in [1.807, 2.05) is 108 Å². The van der Waals surface area contributed by atoms with Crippen LogP contribution in [0.4, 0.5) is 44.6 Å². The van der Waals surface area contributed by atoms with E-state index in [0.717, 1.165) is 56.7 Å². The molecule has 4 amide bonds. The van der Waals surface area contributed by atoms with Crippen molar-refractivity contribution in [1.29, 1.82) is 0 Å². The van der Waals surface area contributed by atoms with Crippen molar-refractivity contribution in [3.63, 3.8) is 0 Å². The van der Waals surface area contributed by atoms with Crippen molar-refractivity contribution in [3.05, 3.63) is 233 Å². The molecule has 0 saturated carbocycles. The number of aliphatic carboxylic acids is 1. The molecule has 28 nitrogen and oxygen atoms in total. The summed E-state index contributed by atoms with van der Waals surface area (Å²) in [5, 5.41) is 46.4. The monoisotopic (exact) mass is 1900 g/mol. The molecule has 0 saturated heterocycles. The number of nitrogens with one attached hydrogen (secondary N) is 5. The SMILES string of the molecule is CC(C)(C)C(=O)Nc1cccc(O)c1C=O.CC1=C(CBr)C(C)(C)CCC1.CC1=C(CNc2cccc3oc(/C=C/C(=O)O)cc23)C(C)(C)CCC1.CCOC(=O)C=Cc1cc2c(N)cccc2o1.CCOC(=O)c1cc2c(NC(=O)C(C)(C)C)cccc2o1.COCOc1cccc(NC(=O)C(C)(C)C)c1.Nc1cccc2oc(CO)cc12.[B]C(=O)Nc1cccc2oc(C=O)cc12. The Morgan fingerprint density at radius 3 is 1.46 bits per heavy atom. The van der Waals surface area contributed by atoms with Gasteiger partial charge in [-0.1, -0.05) is 165 Å². The van der Waals surface area contributed by atoms with Crippen molar-refractivity contribution >= 4 is 185 Å². The summed E-state index contributed by atoms with van der Waals surface area (Å²) in [6, 6.07) is 47.5. The number of carboxylic acid groups (broad SMARTS) is 1. The number of aromatic hydroxyl groups is 1. The lowest BCUT2D eigenvalue weighted by Crippen LogP contribution is -2.28. The van der Waals surface area contributed by atoms with Crippen LogP contribution in [0.3, 0.4) is 0 Å². The van der Waals surface area contributed by atoms with Crippen molar-refractivity contribution in [2.45, 2.75) is 163 Å². The number of esters is 2. The van der Waals surface area contributed by atoms with Gasteiger partial charge in [-0.05, 0) is 204 Å². The Labute approximate surface area is 790 Å². The van der Waals surface area contributed by atoms with Gasteiger partial charge in [-0.15, -0.1) is 0 Å². The third-order valence-electron chi connectivity index (χ3n) is 21.2. The number of ether oxygens (including phenoxy) is 4. The average Bonchev–Trinajstić information content (AvgIpc) is 1.55. The van der Waals surface area contributed by atoms with Gasteiger partial charge in [-0.25, -0.2) is 14.4 Å². The summed E-state index contributed by atoms with van der Waals surface area (Å²) in [6.45, 7) is 35.3. The summed E-state index contributed by atoms with van der Waals surface area (Å²) < 4.78 is 46.9. The van der Waals surface area contributed by atoms with Crippen LogP contribution in [0.2, 0.25) is 0 Å². The number of hydrogen-bond acceptors (Lipinski definition) is 23. The molecule has 2 aliphatic carbocycles. The molecule has 5 heterocycles. The number of rotatable bonds is 21. The third-order valence-corrected chi connectivity index (χ3v) is 21.7. The van der Waals surface area contributed by atoms with E-state index in [1.165, 1.54) is 67.9 Å². The third kappa shape index (κ3) is 32.1. The first-order valence-electron chi connectivity index (χ1n) is 43.6. The molecular formula is C104H123BBrN7O21. The molecule has 0 spiro atoms. The largest absolute Gasteiger partial charge is 0.507 e. The normalized spacial score (nSPS) is 13.2. The number of nitrogen functional groups attached to an aromatic ring is 2. The van der Waals surface area contributed by atoms with Gasteiger partial charge < -0.3 is 94.4 Å². The minimum atomic E-state index is -0.985. The maximum Gasteiger partial charge on any atom is 0.374 e. The van der Waals surface area contributed by atoms with E-state index < -0.39 is 34.0 Å². The van der Waals surface area contributed by atoms with E-state index in [0.29, 0.717) is 104 Å². The van der Waals surface area contributed by atoms with Gasteiger partial charge >= 0.3 is 17.9 Å². The van der Waals surface area contributed by atoms with Crippen LogP contribution in [0.15, 0.2) is 220 Å². The molecule has 134 heavy (non-hydrogen) atoms. The number of carbonyl (C=O) groups excluding carboxylic acids is 8. The Morgan fingerprint density at radius 2 is 0.970 bits per heavy atom. The first-order chi connectivity index (χ1) is 63.3. The lowest BCUT2D eigenvalue weighted by atomic mass is 9.73. The Hall–Kier alpha value is -13.7. The molecule has 14 rings (SSSR count). The van der Waals surface area contributed by atoms with Crippen LogP contribution in [0.5, 0.6) is 11.5 Å². The lowest BCUT2D eigenvalue weighted by Gasteiger charge is -2.35. The molecule has 30 heteroatoms. The molecule has 0 fully saturated rings. The Kier molecular flexibility index (Phi) is 39.8. The fraction of sp³-hybridized carbons (Fsp3) is 0.337. The number of anilines is 7. The van der Waals surface area contributed by atoms with Gasteiger partial charge in [0, 0.05) is 109 Å². The number of benzene rings is 7. The van der Waals surface area contributed by atoms with Crippen LogP contribution in [-0.2, 0) is 44.8 Å². The molecule has 2 aliphatic rings. The zero-order chi connectivity index (χ0) is 99.0. The number of carbonyl (C=O) groups is 9. The molecule has 5 aromatic heterocycles. The summed E-state index contributed by atoms with van der Waals surface area (Å²) in [7, 11) is 6.57. The van der Waals surface area contributed by atoms with Crippen molar-refractivity contribution in [3.8, 4) is 11.5 Å². The number of alkyl halides is 1. The Bertz CT molecular complexity index is 6210. The molecular weight excluding hydrogens is 1770 g/mol. The van der Waals surface area contributed by atoms with E-state index in [1.54, 1.807) is 150 Å². The smallest absolute Gasteiger partial charge is 0.374 e. The van der Waals surface area contributed by atoms with Gasteiger partial charge in [0.2, 0.25) is 31.3 Å². The topological polar surface area (TPSA) is 429 Å². The zero-order valence-electron chi connectivity index (χ0n) is 79.3. The second-order valence-corrected chi connectivity index (χ2v) is 36.3. The molecule has 7 aromatic carbocycles. The predicted molar refractivity (Wildman–Crippen MR) is 534 cm³/mol. The first-order valence-corrected chi connectivity index (χ1v) is 44.7. The van der Waals surface area contributed by atoms with Crippen LogP contribution in [0, 0.1) is 27.1 Å². The highest BCUT2D eigenvalue weighted by molar-refractivity contribution is 9.09. The van der Waals surface area contributed by atoms with Crippen LogP contribution in [0.25, 0.3) is 67.0 Å². The number of aldehydes is 2. The standard InChI is InChI=1S/C21H25NO3.C16H19NO4.C13H13NO3.C13H19NO3.C12H15NO3.C10H6BNO3.C10H17Br.C9H9NO2/c1-14-6-5-11-21(2,3)17(14)13-22-18-7-4-8-19-16(18)12-15(25-19)9-10-20(23)24;1-5-20-14(18)13-9-10-11(7-6-8-12(10)21-13)17-15(19)16(2,3)4;1-2-16-13(15)7-6-9-8-10-11(14)4-3-5-12(10)17-9;1-13(2,3)12(15)14-10-6-5-7-11(8-10)17-9-16-4;1-12(2,3)11(16)13-9-5-4-6-10(15)8(9)7-14;11-10(14)12-8-2-1-3-9-7(8)4-6(5-13)15-9;1-8-5-4-6-10(2,3)9(8)7-11;10-8-2-1-3-9-7(8)4-6(5-11)12-9/h4,7-10,12,22H,5-6,11,13H2,1-3H3,(H,23,24);6-9H,5H2,1-4H3,(H,17,19);3-8H,2,14H2,1H3;5-8H,9H2,1-4H3,(H,14,15);4-7,15H,1-3H3,(H,13,16);1-5H,(H,12,14);4-7H2,1-3H3;1-4,11H,5,10H2/b10-9+;;;;;;;. The van der Waals surface area contributed by atoms with Gasteiger partial charge in [0.05, 0.1) is 35.8 Å². The number of aliphatic hydroxyl groups is 1. The number of allylic oxidation sites excluding steroid dienone is 3. The molecule has 2 radical (unpaired) electrons. The van der Waals surface area contributed by atoms with Gasteiger partial charge in [0.15, 0.2) is 30.9 Å². The van der Waals surface area contributed by atoms with E-state index in [2.05, 4.69) is 84.1 Å². The van der Waals surface area contributed by atoms with Crippen molar-refractivity contribution in [1.82, 2.24) is 0 Å². The number of phenols is 1. The second-order valence-electron chi connectivity index (χ2n) is 35.7. The van der Waals surface area contributed by atoms with Crippen molar-refractivity contribution in [2.24, 2.45) is 27.1 Å². The first kappa shape index (κ1) is 107. The van der Waals surface area contributed by atoms with Crippen molar-refractivity contribution < 1.29 is 99.5 Å². The number of furan rings is 5. The predicted octanol–water partition coefficient (Wildman–Crippen LogP) is 23.9. The molecule has 0 aliphatic heterocycles. The van der Waals surface area contributed by atoms with Crippen LogP contribution in [0.1, 0.15) is 205 Å². The average molecular weight is 1900 g/mol. The van der Waals surface area contributed by atoms with Crippen LogP contribution in [-0.4, -0.2) is 116 Å². The number of nitrogens with two attached hydrogens (primary N) is 2. The van der Waals surface area contributed by atoms with Gasteiger partial charge in [-0.2, -0.15) is 0 Å². The maximum atomic E-state index is 12.1. The maximum absolute atomic E-state index is 12.1. The molecule has 710 valence electrons. The van der Waals surface area contributed by atoms with Crippen LogP contribution < -0.4 is 42.8 Å². The summed E-state index contributed by atoms with van der Waals surface area (Å²) in [4.78, 5) is 101. The van der Waals surface area contributed by atoms with Gasteiger partial charge in [-0.3, -0.25) is 28.8 Å². The number of aliphatic hydroxyl groups excluding tert-OH is 1. The highest BCUT2D eigenvalue weighted by Gasteiger charge is 2.31. The number of phenolic OH excluding ortho intramolecular Hbond substituents is 1. The number of hydrogen-bond donors (Lipinski definition) is 10. The number of carboxylic acids is 1. The van der Waals surface area contributed by atoms with E-state index in [-0.39, 0.29) is 71.9 Å². The zero-order valence-corrected chi connectivity index (χ0v) is 80.9. The number of fused-ring (bicyclic) bond motifs is 5. The molecule has 12 aromatic rings. The fourth-order valence-corrected chi connectivity index (χ4v) is 15.0. The molecule has 0 bridgehead atoms. The van der Waals surface area contributed by atoms with E-state index in [9.17, 15) is 48.3 Å². The second kappa shape index (κ2) is 49.7. The minimum absolute atomic E-state index is 0.0265. The number of amides is 4. The van der Waals surface area contributed by atoms with Gasteiger partial charge in [0.1, 0.15) is 63.3 Å². The fourth-order valence-electron chi connectivity index (χ4n) is 13.8. The molecule has 0 unspecified atom stereocenters. The highest BCUT2D eigenvalue weighted by Crippen LogP contribution is 2.43. The molecule has 0 atom stereocenters. The summed E-state index contributed by atoms with van der Waals surface area (Å²) in [6.07, 6.45) is 14.3. The Balaban J connectivity index is 0.000000211. The minimum Gasteiger partial charge on any atom is -0.507 e. The lowest BCUT2D eigenvalue weighted by molar-refractivity contribution is -0.137. The van der Waals surface area contributed by atoms with Gasteiger partial charge in [0.25, 0.3) is 0 Å². The summed E-state index contributed by atoms with van der Waals surface area (Å²) in [5.74, 6) is -0.349. The Morgan fingerprint density at radius 1 is 0.522 bits per heavy atom. The number of halogens is 1. The quantitative estimate of drug-likeness (QED) is 0.00467. The van der Waals surface area contributed by atoms with E-state index >= 15 is 0 Å². The summed E-state index contributed by atoms with van der Waals surface area (Å²) >= 11 is 3.57. The molecule has 12 N–H and O–H groups in total.